The Labute approximate surface area is 105 Å². The van der Waals surface area contributed by atoms with Crippen LogP contribution in [0.15, 0.2) is 41.0 Å². The van der Waals surface area contributed by atoms with Gasteiger partial charge >= 0.3 is 5.97 Å². The first-order valence-electron chi connectivity index (χ1n) is 5.45. The number of hydrogen-bond acceptors (Lipinski definition) is 5. The molecule has 94 valence electrons. The molecule has 2 aromatic rings. The summed E-state index contributed by atoms with van der Waals surface area (Å²) in [5.74, 6) is 0.340. The lowest BCUT2D eigenvalue weighted by Gasteiger charge is -2.10. The minimum atomic E-state index is -0.450. The van der Waals surface area contributed by atoms with Gasteiger partial charge in [0.25, 0.3) is 0 Å². The Bertz CT molecular complexity index is 535. The molecule has 0 radical (unpaired) electrons. The molecule has 1 heterocycles. The lowest BCUT2D eigenvalue weighted by atomic mass is 10.1. The number of ether oxygens (including phenoxy) is 1. The number of hydrogen-bond donors (Lipinski definition) is 2. The number of rotatable bonds is 4. The van der Waals surface area contributed by atoms with E-state index in [1.807, 2.05) is 12.1 Å². The van der Waals surface area contributed by atoms with Gasteiger partial charge in [-0.3, -0.25) is 0 Å². The number of nitrogens with one attached hydrogen (secondary N) is 1. The monoisotopic (exact) mass is 246 g/mol. The van der Waals surface area contributed by atoms with Crippen LogP contribution in [0.2, 0.25) is 0 Å². The van der Waals surface area contributed by atoms with Gasteiger partial charge in [0.2, 0.25) is 0 Å². The molecule has 5 nitrogen and oxygen atoms in total. The normalized spacial score (nSPS) is 10.1. The van der Waals surface area contributed by atoms with Crippen LogP contribution in [0.4, 0.5) is 11.4 Å². The fourth-order valence-corrected chi connectivity index (χ4v) is 1.60. The molecule has 1 aromatic heterocycles. The van der Waals surface area contributed by atoms with Crippen LogP contribution in [-0.2, 0) is 11.3 Å². The maximum absolute atomic E-state index is 11.5. The quantitative estimate of drug-likeness (QED) is 0.639. The summed E-state index contributed by atoms with van der Waals surface area (Å²) >= 11 is 0. The van der Waals surface area contributed by atoms with E-state index in [0.717, 1.165) is 5.76 Å². The largest absolute Gasteiger partial charge is 0.467 e. The molecule has 2 rings (SSSR count). The van der Waals surface area contributed by atoms with Gasteiger partial charge in [-0.2, -0.15) is 0 Å². The average Bonchev–Trinajstić information content (AvgIpc) is 2.90. The van der Waals surface area contributed by atoms with Crippen molar-refractivity contribution in [3.8, 4) is 0 Å². The lowest BCUT2D eigenvalue weighted by molar-refractivity contribution is 0.0602. The number of furan rings is 1. The molecular formula is C13H14N2O3. The number of methoxy groups -OCH3 is 1. The molecule has 0 saturated heterocycles. The smallest absolute Gasteiger partial charge is 0.340 e. The molecule has 1 aromatic carbocycles. The van der Waals surface area contributed by atoms with E-state index in [-0.39, 0.29) is 0 Å². The fraction of sp³-hybridized carbons (Fsp3) is 0.154. The van der Waals surface area contributed by atoms with E-state index in [0.29, 0.717) is 23.5 Å². The Balaban J connectivity index is 2.16. The van der Waals surface area contributed by atoms with Crippen LogP contribution in [0.5, 0.6) is 0 Å². The predicted octanol–water partition coefficient (Wildman–Crippen LogP) is 2.26. The van der Waals surface area contributed by atoms with Crippen LogP contribution in [0.1, 0.15) is 16.1 Å². The van der Waals surface area contributed by atoms with Gasteiger partial charge in [0.05, 0.1) is 36.9 Å². The van der Waals surface area contributed by atoms with Crippen molar-refractivity contribution in [2.45, 2.75) is 6.54 Å². The van der Waals surface area contributed by atoms with Gasteiger partial charge in [0, 0.05) is 0 Å². The van der Waals surface area contributed by atoms with E-state index in [1.54, 1.807) is 24.5 Å². The van der Waals surface area contributed by atoms with Gasteiger partial charge in [-0.25, -0.2) is 4.79 Å². The number of benzene rings is 1. The molecule has 18 heavy (non-hydrogen) atoms. The summed E-state index contributed by atoms with van der Waals surface area (Å²) in [6, 6.07) is 8.83. The molecule has 0 atom stereocenters. The standard InChI is InChI=1S/C13H14N2O3/c1-17-13(16)10-5-2-6-11(12(10)14)15-8-9-4-3-7-18-9/h2-7,15H,8,14H2,1H3. The Morgan fingerprint density at radius 3 is 2.89 bits per heavy atom. The van der Waals surface area contributed by atoms with Crippen molar-refractivity contribution in [2.75, 3.05) is 18.2 Å². The van der Waals surface area contributed by atoms with Gasteiger partial charge in [-0.1, -0.05) is 6.07 Å². The van der Waals surface area contributed by atoms with E-state index in [9.17, 15) is 4.79 Å². The van der Waals surface area contributed by atoms with Crippen molar-refractivity contribution in [3.05, 3.63) is 47.9 Å². The van der Waals surface area contributed by atoms with E-state index >= 15 is 0 Å². The summed E-state index contributed by atoms with van der Waals surface area (Å²) in [6.45, 7) is 0.502. The molecule has 3 N–H and O–H groups in total. The maximum Gasteiger partial charge on any atom is 0.340 e. The summed E-state index contributed by atoms with van der Waals surface area (Å²) in [7, 11) is 1.32. The second-order valence-electron chi connectivity index (χ2n) is 3.69. The fourth-order valence-electron chi connectivity index (χ4n) is 1.60. The number of esters is 1. The lowest BCUT2D eigenvalue weighted by Crippen LogP contribution is -2.09. The molecule has 0 amide bonds. The average molecular weight is 246 g/mol. The Hall–Kier alpha value is -2.43. The number of para-hydroxylation sites is 1. The number of anilines is 2. The Kier molecular flexibility index (Phi) is 3.52. The third kappa shape index (κ3) is 2.45. The second kappa shape index (κ2) is 5.27. The highest BCUT2D eigenvalue weighted by molar-refractivity contribution is 5.98. The first-order valence-corrected chi connectivity index (χ1v) is 5.45. The molecule has 0 fully saturated rings. The molecule has 0 spiro atoms. The van der Waals surface area contributed by atoms with Crippen LogP contribution in [0, 0.1) is 0 Å². The molecular weight excluding hydrogens is 232 g/mol. The Morgan fingerprint density at radius 2 is 2.22 bits per heavy atom. The number of nitrogens with two attached hydrogens (primary N) is 1. The third-order valence-corrected chi connectivity index (χ3v) is 2.54. The zero-order valence-corrected chi connectivity index (χ0v) is 9.97. The van der Waals surface area contributed by atoms with E-state index < -0.39 is 5.97 Å². The van der Waals surface area contributed by atoms with Crippen LogP contribution in [0.25, 0.3) is 0 Å². The molecule has 0 saturated carbocycles. The molecule has 0 aliphatic rings. The van der Waals surface area contributed by atoms with Gasteiger partial charge in [-0.05, 0) is 24.3 Å². The van der Waals surface area contributed by atoms with Crippen LogP contribution in [-0.4, -0.2) is 13.1 Å². The van der Waals surface area contributed by atoms with Crippen molar-refractivity contribution in [3.63, 3.8) is 0 Å². The molecule has 0 unspecified atom stereocenters. The molecule has 0 aliphatic heterocycles. The SMILES string of the molecule is COC(=O)c1cccc(NCc2ccco2)c1N. The molecule has 0 bridgehead atoms. The van der Waals surface area contributed by atoms with Gasteiger partial charge in [0.15, 0.2) is 0 Å². The highest BCUT2D eigenvalue weighted by atomic mass is 16.5. The van der Waals surface area contributed by atoms with E-state index in [2.05, 4.69) is 10.1 Å². The molecule has 0 aliphatic carbocycles. The predicted molar refractivity (Wildman–Crippen MR) is 68.2 cm³/mol. The van der Waals surface area contributed by atoms with Crippen molar-refractivity contribution in [2.24, 2.45) is 0 Å². The van der Waals surface area contributed by atoms with Crippen LogP contribution >= 0.6 is 0 Å². The third-order valence-electron chi connectivity index (χ3n) is 2.54. The first kappa shape index (κ1) is 12.0. The van der Waals surface area contributed by atoms with Crippen LogP contribution < -0.4 is 11.1 Å². The zero-order valence-electron chi connectivity index (χ0n) is 9.97. The van der Waals surface area contributed by atoms with E-state index in [1.165, 1.54) is 7.11 Å². The van der Waals surface area contributed by atoms with E-state index in [4.69, 9.17) is 10.2 Å². The second-order valence-corrected chi connectivity index (χ2v) is 3.69. The summed E-state index contributed by atoms with van der Waals surface area (Å²) in [6.07, 6.45) is 1.60. The van der Waals surface area contributed by atoms with Crippen molar-refractivity contribution >= 4 is 17.3 Å². The summed E-state index contributed by atoms with van der Waals surface area (Å²) in [5, 5.41) is 3.11. The maximum atomic E-state index is 11.5. The minimum absolute atomic E-state index is 0.349. The highest BCUT2D eigenvalue weighted by Gasteiger charge is 2.12. The van der Waals surface area contributed by atoms with Crippen molar-refractivity contribution in [1.82, 2.24) is 0 Å². The number of nitrogen functional groups attached to an aromatic ring is 1. The Morgan fingerprint density at radius 1 is 1.39 bits per heavy atom. The van der Waals surface area contributed by atoms with Crippen LogP contribution in [0.3, 0.4) is 0 Å². The van der Waals surface area contributed by atoms with Crippen molar-refractivity contribution in [1.29, 1.82) is 0 Å². The topological polar surface area (TPSA) is 77.5 Å². The summed E-state index contributed by atoms with van der Waals surface area (Å²) < 4.78 is 9.86. The summed E-state index contributed by atoms with van der Waals surface area (Å²) in [5.41, 5.74) is 7.30. The number of carbonyl (C=O) groups excluding carboxylic acids is 1. The minimum Gasteiger partial charge on any atom is -0.467 e. The zero-order chi connectivity index (χ0) is 13.0. The number of carbonyl (C=O) groups is 1. The van der Waals surface area contributed by atoms with Gasteiger partial charge in [-0.15, -0.1) is 0 Å². The first-order chi connectivity index (χ1) is 8.72. The summed E-state index contributed by atoms with van der Waals surface area (Å²) in [4.78, 5) is 11.5. The van der Waals surface area contributed by atoms with Gasteiger partial charge < -0.3 is 20.2 Å². The highest BCUT2D eigenvalue weighted by Crippen LogP contribution is 2.23. The molecule has 5 heteroatoms. The van der Waals surface area contributed by atoms with Crippen molar-refractivity contribution < 1.29 is 13.9 Å². The van der Waals surface area contributed by atoms with Gasteiger partial charge in [0.1, 0.15) is 5.76 Å².